The van der Waals surface area contributed by atoms with Crippen LogP contribution in [0.25, 0.3) is 110 Å². The molecule has 0 spiro atoms. The summed E-state index contributed by atoms with van der Waals surface area (Å²) < 4.78 is 4.84. The predicted molar refractivity (Wildman–Crippen MR) is 218 cm³/mol. The first kappa shape index (κ1) is 27.8. The van der Waals surface area contributed by atoms with Crippen molar-refractivity contribution in [3.63, 3.8) is 0 Å². The normalized spacial score (nSPS) is 12.2. The molecule has 0 atom stereocenters. The van der Waals surface area contributed by atoms with Crippen LogP contribution in [0.15, 0.2) is 176 Å². The van der Waals surface area contributed by atoms with E-state index >= 15 is 0 Å². The Hall–Kier alpha value is -6.97. The predicted octanol–water partition coefficient (Wildman–Crippen LogP) is 12.9. The highest BCUT2D eigenvalue weighted by molar-refractivity contribution is 6.18. The number of aromatic nitrogens is 3. The van der Waals surface area contributed by atoms with Gasteiger partial charge in [0.25, 0.3) is 0 Å². The largest absolute Gasteiger partial charge is 0.309 e. The molecule has 3 heteroatoms. The summed E-state index contributed by atoms with van der Waals surface area (Å²) in [7, 11) is 0. The zero-order valence-electron chi connectivity index (χ0n) is 28.1. The Kier molecular flexibility index (Phi) is 5.50. The highest BCUT2D eigenvalue weighted by Crippen LogP contribution is 2.48. The maximum absolute atomic E-state index is 4.51. The number of para-hydroxylation sites is 2. The van der Waals surface area contributed by atoms with E-state index in [9.17, 15) is 0 Å². The Morgan fingerprint density at radius 1 is 0.346 bits per heavy atom. The topological polar surface area (TPSA) is 22.8 Å². The smallest absolute Gasteiger partial charge is 0.0547 e. The van der Waals surface area contributed by atoms with Crippen molar-refractivity contribution in [1.82, 2.24) is 14.1 Å². The molecule has 52 heavy (non-hydrogen) atoms. The Balaban J connectivity index is 1.08. The molecule has 3 aromatic heterocycles. The molecule has 1 aliphatic carbocycles. The second kappa shape index (κ2) is 10.3. The summed E-state index contributed by atoms with van der Waals surface area (Å²) in [4.78, 5) is 4.51. The molecule has 0 unspecified atom stereocenters. The first-order chi connectivity index (χ1) is 25.8. The van der Waals surface area contributed by atoms with Gasteiger partial charge in [0.05, 0.1) is 22.1 Å². The van der Waals surface area contributed by atoms with E-state index < -0.39 is 0 Å². The fraction of sp³-hybridized carbons (Fsp3) is 0. The van der Waals surface area contributed by atoms with Crippen molar-refractivity contribution in [3.8, 4) is 44.8 Å². The lowest BCUT2D eigenvalue weighted by Crippen LogP contribution is -1.95. The minimum absolute atomic E-state index is 1.16. The number of benzene rings is 8. The first-order valence-corrected chi connectivity index (χ1v) is 17.9. The number of hydrogen-bond acceptors (Lipinski definition) is 1. The number of fused-ring (bicyclic) bond motifs is 10. The molecular formula is C49H29N3. The van der Waals surface area contributed by atoms with Gasteiger partial charge in [-0.2, -0.15) is 0 Å². The Morgan fingerprint density at radius 3 is 1.83 bits per heavy atom. The van der Waals surface area contributed by atoms with Gasteiger partial charge in [0, 0.05) is 50.9 Å². The molecule has 0 radical (unpaired) electrons. The fourth-order valence-corrected chi connectivity index (χ4v) is 8.99. The van der Waals surface area contributed by atoms with Crippen molar-refractivity contribution in [3.05, 3.63) is 176 Å². The molecule has 240 valence electrons. The third-order valence-corrected chi connectivity index (χ3v) is 11.3. The third kappa shape index (κ3) is 3.77. The molecule has 0 amide bonds. The lowest BCUT2D eigenvalue weighted by molar-refractivity contribution is 1.18. The van der Waals surface area contributed by atoms with Crippen LogP contribution in [0.1, 0.15) is 0 Å². The van der Waals surface area contributed by atoms with Gasteiger partial charge in [0.15, 0.2) is 0 Å². The summed E-state index contributed by atoms with van der Waals surface area (Å²) in [5, 5.41) is 10.1. The average molecular weight is 660 g/mol. The second-order valence-corrected chi connectivity index (χ2v) is 14.0. The summed E-state index contributed by atoms with van der Waals surface area (Å²) in [6.07, 6.45) is 3.92. The van der Waals surface area contributed by atoms with E-state index in [2.05, 4.69) is 178 Å². The van der Waals surface area contributed by atoms with Crippen LogP contribution in [0, 0.1) is 0 Å². The van der Waals surface area contributed by atoms with Crippen LogP contribution in [0.2, 0.25) is 0 Å². The van der Waals surface area contributed by atoms with E-state index in [4.69, 9.17) is 0 Å². The average Bonchev–Trinajstić information content (AvgIpc) is 3.83. The van der Waals surface area contributed by atoms with E-state index in [0.717, 1.165) is 5.69 Å². The molecule has 0 fully saturated rings. The van der Waals surface area contributed by atoms with Crippen molar-refractivity contribution in [2.45, 2.75) is 0 Å². The van der Waals surface area contributed by atoms with Gasteiger partial charge in [0.2, 0.25) is 0 Å². The van der Waals surface area contributed by atoms with Gasteiger partial charge >= 0.3 is 0 Å². The van der Waals surface area contributed by atoms with Gasteiger partial charge in [0.1, 0.15) is 0 Å². The molecule has 3 nitrogen and oxygen atoms in total. The van der Waals surface area contributed by atoms with Gasteiger partial charge in [-0.3, -0.25) is 4.98 Å². The summed E-state index contributed by atoms with van der Waals surface area (Å²) in [6, 6.07) is 60.4. The van der Waals surface area contributed by atoms with E-state index in [1.54, 1.807) is 0 Å². The zero-order chi connectivity index (χ0) is 33.9. The Labute approximate surface area is 299 Å². The maximum atomic E-state index is 4.51. The summed E-state index contributed by atoms with van der Waals surface area (Å²) >= 11 is 0. The quantitative estimate of drug-likeness (QED) is 0.185. The van der Waals surface area contributed by atoms with Gasteiger partial charge in [-0.05, 0) is 122 Å². The van der Waals surface area contributed by atoms with Crippen LogP contribution in [-0.2, 0) is 0 Å². The lowest BCUT2D eigenvalue weighted by Gasteiger charge is -2.12. The second-order valence-electron chi connectivity index (χ2n) is 14.0. The van der Waals surface area contributed by atoms with Crippen molar-refractivity contribution < 1.29 is 0 Å². The van der Waals surface area contributed by atoms with E-state index in [0.29, 0.717) is 0 Å². The number of rotatable bonds is 3. The highest BCUT2D eigenvalue weighted by atomic mass is 15.0. The molecule has 3 heterocycles. The molecular weight excluding hydrogens is 631 g/mol. The molecule has 0 N–H and O–H groups in total. The fourth-order valence-electron chi connectivity index (χ4n) is 8.99. The van der Waals surface area contributed by atoms with Crippen LogP contribution < -0.4 is 0 Å². The van der Waals surface area contributed by atoms with Crippen LogP contribution in [0.5, 0.6) is 0 Å². The monoisotopic (exact) mass is 659 g/mol. The van der Waals surface area contributed by atoms with Crippen LogP contribution >= 0.6 is 0 Å². The summed E-state index contributed by atoms with van der Waals surface area (Å²) in [5.74, 6) is 0. The van der Waals surface area contributed by atoms with Crippen molar-refractivity contribution in [2.75, 3.05) is 0 Å². The van der Waals surface area contributed by atoms with Gasteiger partial charge < -0.3 is 9.13 Å². The number of pyridine rings is 1. The molecule has 1 aliphatic rings. The first-order valence-electron chi connectivity index (χ1n) is 17.9. The number of hydrogen-bond donors (Lipinski definition) is 0. The lowest BCUT2D eigenvalue weighted by atomic mass is 10.00. The highest BCUT2D eigenvalue weighted by Gasteiger charge is 2.23. The van der Waals surface area contributed by atoms with E-state index in [-0.39, 0.29) is 0 Å². The molecule has 0 saturated heterocycles. The van der Waals surface area contributed by atoms with Crippen molar-refractivity contribution in [2.24, 2.45) is 0 Å². The van der Waals surface area contributed by atoms with Crippen LogP contribution in [0.3, 0.4) is 0 Å². The summed E-state index contributed by atoms with van der Waals surface area (Å²) in [6.45, 7) is 0. The standard InChI is InChI=1S/C49H29N3/c1-2-12-35(13-3-1)51-47-20-18-33(26-41(47)42-24-30-9-4-5-10-31(30)27-48(42)51)32-17-19-46-40(25-32)38-14-6-7-16-45(38)52(46)36-23-34-11-8-15-39-37-21-22-50-29-44(37)43(28-36)49(34)39/h1-29H. The SMILES string of the molecule is c1ccc(-n2c3ccc(-c4ccc5c(c4)c4ccccc4n5-c4cc5c6c(cccc6c4)-c4ccncc4-5)cc3c3cc4ccccc4cc32)cc1. The number of nitrogens with zero attached hydrogens (tertiary/aromatic N) is 3. The molecule has 12 rings (SSSR count). The molecule has 8 aromatic carbocycles. The van der Waals surface area contributed by atoms with Crippen LogP contribution in [0.4, 0.5) is 0 Å². The molecule has 0 aliphatic heterocycles. The van der Waals surface area contributed by atoms with Crippen LogP contribution in [-0.4, -0.2) is 14.1 Å². The van der Waals surface area contributed by atoms with E-state index in [1.165, 1.54) is 104 Å². The Bertz CT molecular complexity index is 3290. The molecule has 0 bridgehead atoms. The van der Waals surface area contributed by atoms with E-state index in [1.807, 2.05) is 12.4 Å². The van der Waals surface area contributed by atoms with Gasteiger partial charge in [-0.25, -0.2) is 0 Å². The third-order valence-electron chi connectivity index (χ3n) is 11.3. The van der Waals surface area contributed by atoms with Crippen molar-refractivity contribution in [1.29, 1.82) is 0 Å². The minimum Gasteiger partial charge on any atom is -0.309 e. The maximum Gasteiger partial charge on any atom is 0.0547 e. The zero-order valence-corrected chi connectivity index (χ0v) is 28.1. The Morgan fingerprint density at radius 2 is 1.00 bits per heavy atom. The molecule has 11 aromatic rings. The van der Waals surface area contributed by atoms with Crippen molar-refractivity contribution >= 4 is 65.2 Å². The summed E-state index contributed by atoms with van der Waals surface area (Å²) in [5.41, 5.74) is 14.6. The van der Waals surface area contributed by atoms with Gasteiger partial charge in [-0.15, -0.1) is 0 Å². The molecule has 0 saturated carbocycles. The van der Waals surface area contributed by atoms with Gasteiger partial charge in [-0.1, -0.05) is 91.0 Å². The minimum atomic E-state index is 1.16.